The summed E-state index contributed by atoms with van der Waals surface area (Å²) in [7, 11) is 0. The van der Waals surface area contributed by atoms with Gasteiger partial charge in [-0.15, -0.1) is 0 Å². The Morgan fingerprint density at radius 1 is 0.882 bits per heavy atom. The first-order valence-corrected chi connectivity index (χ1v) is 6.22. The van der Waals surface area contributed by atoms with Gasteiger partial charge in [-0.05, 0) is 74.2 Å². The van der Waals surface area contributed by atoms with Crippen LogP contribution in [0.25, 0.3) is 21.5 Å². The maximum absolute atomic E-state index is 13.2. The predicted molar refractivity (Wildman–Crippen MR) is 73.8 cm³/mol. The zero-order chi connectivity index (χ0) is 12.0. The Hall–Kier alpha value is -1.41. The molecule has 3 rings (SSSR count). The molecule has 2 heteroatoms. The SMILES string of the molecule is Cc1ccc2cc3ccc(F)cc3cc2c1Br. The number of benzene rings is 3. The van der Waals surface area contributed by atoms with Gasteiger partial charge in [0.15, 0.2) is 0 Å². The van der Waals surface area contributed by atoms with Gasteiger partial charge in [0.1, 0.15) is 5.82 Å². The van der Waals surface area contributed by atoms with Gasteiger partial charge in [0.25, 0.3) is 0 Å². The van der Waals surface area contributed by atoms with Crippen LogP contribution in [0.15, 0.2) is 46.9 Å². The van der Waals surface area contributed by atoms with E-state index >= 15 is 0 Å². The lowest BCUT2D eigenvalue weighted by Crippen LogP contribution is -1.82. The van der Waals surface area contributed by atoms with Gasteiger partial charge in [0, 0.05) is 4.47 Å². The summed E-state index contributed by atoms with van der Waals surface area (Å²) < 4.78 is 14.3. The second-order valence-corrected chi connectivity index (χ2v) is 5.05. The first-order valence-electron chi connectivity index (χ1n) is 5.43. The Balaban J connectivity index is 2.48. The summed E-state index contributed by atoms with van der Waals surface area (Å²) in [5.74, 6) is -0.194. The van der Waals surface area contributed by atoms with Crippen molar-refractivity contribution in [3.8, 4) is 0 Å². The first-order chi connectivity index (χ1) is 8.15. The molecule has 0 saturated carbocycles. The van der Waals surface area contributed by atoms with Crippen LogP contribution in [0.2, 0.25) is 0 Å². The summed E-state index contributed by atoms with van der Waals surface area (Å²) in [5, 5.41) is 4.29. The molecule has 84 valence electrons. The Bertz CT molecular complexity index is 732. The van der Waals surface area contributed by atoms with E-state index in [0.29, 0.717) is 0 Å². The fraction of sp³-hybridized carbons (Fsp3) is 0.0667. The van der Waals surface area contributed by atoms with Crippen LogP contribution in [0.4, 0.5) is 4.39 Å². The van der Waals surface area contributed by atoms with Crippen molar-refractivity contribution in [2.75, 3.05) is 0 Å². The fourth-order valence-corrected chi connectivity index (χ4v) is 2.59. The summed E-state index contributed by atoms with van der Waals surface area (Å²) in [6.07, 6.45) is 0. The molecule has 17 heavy (non-hydrogen) atoms. The van der Waals surface area contributed by atoms with Crippen molar-refractivity contribution in [2.24, 2.45) is 0 Å². The standard InChI is InChI=1S/C15H10BrF/c1-9-2-3-11-6-10-4-5-13(17)7-12(10)8-14(11)15(9)16/h2-8H,1H3. The number of rotatable bonds is 0. The van der Waals surface area contributed by atoms with Gasteiger partial charge < -0.3 is 0 Å². The van der Waals surface area contributed by atoms with E-state index in [4.69, 9.17) is 0 Å². The zero-order valence-electron chi connectivity index (χ0n) is 9.30. The normalized spacial score (nSPS) is 11.2. The highest BCUT2D eigenvalue weighted by molar-refractivity contribution is 9.10. The van der Waals surface area contributed by atoms with Gasteiger partial charge >= 0.3 is 0 Å². The van der Waals surface area contributed by atoms with Crippen molar-refractivity contribution >= 4 is 37.5 Å². The number of hydrogen-bond acceptors (Lipinski definition) is 0. The first kappa shape index (κ1) is 10.7. The van der Waals surface area contributed by atoms with Crippen LogP contribution in [0, 0.1) is 12.7 Å². The minimum atomic E-state index is -0.194. The van der Waals surface area contributed by atoms with Gasteiger partial charge in [-0.2, -0.15) is 0 Å². The summed E-state index contributed by atoms with van der Waals surface area (Å²) >= 11 is 3.59. The molecule has 0 aliphatic carbocycles. The van der Waals surface area contributed by atoms with E-state index in [2.05, 4.69) is 41.1 Å². The molecule has 0 saturated heterocycles. The zero-order valence-corrected chi connectivity index (χ0v) is 10.9. The van der Waals surface area contributed by atoms with E-state index in [1.165, 1.54) is 17.0 Å². The van der Waals surface area contributed by atoms with E-state index < -0.39 is 0 Å². The second kappa shape index (κ2) is 3.81. The molecule has 0 amide bonds. The smallest absolute Gasteiger partial charge is 0.123 e. The Morgan fingerprint density at radius 2 is 1.65 bits per heavy atom. The van der Waals surface area contributed by atoms with Crippen LogP contribution < -0.4 is 0 Å². The maximum atomic E-state index is 13.2. The van der Waals surface area contributed by atoms with Crippen LogP contribution >= 0.6 is 15.9 Å². The van der Waals surface area contributed by atoms with Crippen molar-refractivity contribution in [3.05, 3.63) is 58.3 Å². The topological polar surface area (TPSA) is 0 Å². The lowest BCUT2D eigenvalue weighted by Gasteiger charge is -2.06. The van der Waals surface area contributed by atoms with Crippen LogP contribution in [0.5, 0.6) is 0 Å². The molecule has 0 nitrogen and oxygen atoms in total. The van der Waals surface area contributed by atoms with E-state index in [9.17, 15) is 4.39 Å². The average Bonchev–Trinajstić information content (AvgIpc) is 2.32. The third-order valence-electron chi connectivity index (χ3n) is 3.07. The second-order valence-electron chi connectivity index (χ2n) is 4.26. The van der Waals surface area contributed by atoms with Crippen LogP contribution in [-0.2, 0) is 0 Å². The molecule has 0 aliphatic heterocycles. The van der Waals surface area contributed by atoms with Gasteiger partial charge in [-0.25, -0.2) is 4.39 Å². The highest BCUT2D eigenvalue weighted by atomic mass is 79.9. The molecule has 0 spiro atoms. The van der Waals surface area contributed by atoms with E-state index in [1.54, 1.807) is 6.07 Å². The summed E-state index contributed by atoms with van der Waals surface area (Å²) in [6.45, 7) is 2.05. The molecule has 0 unspecified atom stereocenters. The molecule has 0 atom stereocenters. The van der Waals surface area contributed by atoms with Gasteiger partial charge in [-0.3, -0.25) is 0 Å². The number of aryl methyl sites for hydroxylation is 1. The highest BCUT2D eigenvalue weighted by Gasteiger charge is 2.04. The van der Waals surface area contributed by atoms with E-state index in [0.717, 1.165) is 20.6 Å². The predicted octanol–water partition coefficient (Wildman–Crippen LogP) is 5.20. The molecule has 0 radical (unpaired) electrons. The summed E-state index contributed by atoms with van der Waals surface area (Å²) in [5.41, 5.74) is 1.19. The average molecular weight is 289 g/mol. The molecular formula is C15H10BrF. The molecule has 0 N–H and O–H groups in total. The van der Waals surface area contributed by atoms with Crippen LogP contribution in [0.3, 0.4) is 0 Å². The third kappa shape index (κ3) is 1.73. The lowest BCUT2D eigenvalue weighted by atomic mass is 10.0. The minimum Gasteiger partial charge on any atom is -0.207 e. The molecular weight excluding hydrogens is 279 g/mol. The van der Waals surface area contributed by atoms with Crippen molar-refractivity contribution in [3.63, 3.8) is 0 Å². The largest absolute Gasteiger partial charge is 0.207 e. The Morgan fingerprint density at radius 3 is 2.47 bits per heavy atom. The fourth-order valence-electron chi connectivity index (χ4n) is 2.11. The van der Waals surface area contributed by atoms with Gasteiger partial charge in [0.2, 0.25) is 0 Å². The van der Waals surface area contributed by atoms with Gasteiger partial charge in [-0.1, -0.05) is 18.2 Å². The molecule has 0 aromatic heterocycles. The van der Waals surface area contributed by atoms with Crippen molar-refractivity contribution in [2.45, 2.75) is 6.92 Å². The van der Waals surface area contributed by atoms with Crippen molar-refractivity contribution in [1.29, 1.82) is 0 Å². The van der Waals surface area contributed by atoms with Crippen molar-refractivity contribution in [1.82, 2.24) is 0 Å². The van der Waals surface area contributed by atoms with Gasteiger partial charge in [0.05, 0.1) is 0 Å². The number of halogens is 2. The number of hydrogen-bond donors (Lipinski definition) is 0. The van der Waals surface area contributed by atoms with Crippen molar-refractivity contribution < 1.29 is 4.39 Å². The minimum absolute atomic E-state index is 0.194. The van der Waals surface area contributed by atoms with Crippen LogP contribution in [-0.4, -0.2) is 0 Å². The van der Waals surface area contributed by atoms with Crippen LogP contribution in [0.1, 0.15) is 5.56 Å². The highest BCUT2D eigenvalue weighted by Crippen LogP contribution is 2.31. The third-order valence-corrected chi connectivity index (χ3v) is 4.12. The molecule has 0 bridgehead atoms. The summed E-state index contributed by atoms with van der Waals surface area (Å²) in [6, 6.07) is 13.2. The molecule has 0 fully saturated rings. The lowest BCUT2D eigenvalue weighted by molar-refractivity contribution is 0.630. The number of fused-ring (bicyclic) bond motifs is 2. The van der Waals surface area contributed by atoms with E-state index in [-0.39, 0.29) is 5.82 Å². The summed E-state index contributed by atoms with van der Waals surface area (Å²) in [4.78, 5) is 0. The monoisotopic (exact) mass is 288 g/mol. The maximum Gasteiger partial charge on any atom is 0.123 e. The molecule has 0 aliphatic rings. The molecule has 0 heterocycles. The molecule has 3 aromatic rings. The van der Waals surface area contributed by atoms with E-state index in [1.807, 2.05) is 12.1 Å². The Labute approximate surface area is 107 Å². The molecule has 3 aromatic carbocycles. The quantitative estimate of drug-likeness (QED) is 0.499. The Kier molecular flexibility index (Phi) is 2.40.